The van der Waals surface area contributed by atoms with E-state index in [9.17, 15) is 0 Å². The zero-order chi connectivity index (χ0) is 13.8. The average molecular weight is 263 g/mol. The van der Waals surface area contributed by atoms with Gasteiger partial charge in [-0.25, -0.2) is 0 Å². The lowest BCUT2D eigenvalue weighted by Crippen LogP contribution is -2.39. The second-order valence-corrected chi connectivity index (χ2v) is 5.34. The van der Waals surface area contributed by atoms with Gasteiger partial charge in [0.1, 0.15) is 5.75 Å². The van der Waals surface area contributed by atoms with Gasteiger partial charge >= 0.3 is 0 Å². The molecule has 1 saturated heterocycles. The molecule has 1 heterocycles. The third kappa shape index (κ3) is 3.32. The molecule has 0 aromatic heterocycles. The molecule has 19 heavy (non-hydrogen) atoms. The van der Waals surface area contributed by atoms with Gasteiger partial charge in [-0.1, -0.05) is 6.92 Å². The fraction of sp³-hybridized carbons (Fsp3) is 0.600. The van der Waals surface area contributed by atoms with E-state index in [1.807, 2.05) is 6.07 Å². The van der Waals surface area contributed by atoms with Crippen molar-refractivity contribution in [2.24, 2.45) is 0 Å². The Morgan fingerprint density at radius 1 is 1.32 bits per heavy atom. The van der Waals surface area contributed by atoms with E-state index in [2.05, 4.69) is 35.9 Å². The molecule has 0 bridgehead atoms. The Morgan fingerprint density at radius 3 is 2.79 bits per heavy atom. The first-order chi connectivity index (χ1) is 9.13. The molecule has 0 radical (unpaired) electrons. The maximum atomic E-state index is 5.98. The van der Waals surface area contributed by atoms with Gasteiger partial charge in [-0.05, 0) is 32.5 Å². The third-order valence-corrected chi connectivity index (χ3v) is 3.85. The van der Waals surface area contributed by atoms with Crippen molar-refractivity contribution >= 4 is 11.4 Å². The summed E-state index contributed by atoms with van der Waals surface area (Å²) in [4.78, 5) is 4.89. The highest BCUT2D eigenvalue weighted by Gasteiger charge is 2.22. The van der Waals surface area contributed by atoms with E-state index in [1.54, 1.807) is 7.11 Å². The van der Waals surface area contributed by atoms with Crippen LogP contribution in [0.1, 0.15) is 19.8 Å². The van der Waals surface area contributed by atoms with Crippen molar-refractivity contribution in [3.63, 3.8) is 0 Å². The summed E-state index contributed by atoms with van der Waals surface area (Å²) in [6.45, 7) is 5.59. The lowest BCUT2D eigenvalue weighted by molar-refractivity contribution is 0.328. The minimum absolute atomic E-state index is 0.541. The molecule has 2 N–H and O–H groups in total. The molecule has 1 fully saturated rings. The Balaban J connectivity index is 2.29. The van der Waals surface area contributed by atoms with Gasteiger partial charge in [0.05, 0.1) is 7.11 Å². The van der Waals surface area contributed by atoms with Crippen LogP contribution in [0, 0.1) is 0 Å². The van der Waals surface area contributed by atoms with Crippen molar-refractivity contribution in [1.29, 1.82) is 0 Å². The smallest absolute Gasteiger partial charge is 0.122 e. The van der Waals surface area contributed by atoms with Gasteiger partial charge in [0.25, 0.3) is 0 Å². The highest BCUT2D eigenvalue weighted by Crippen LogP contribution is 2.28. The van der Waals surface area contributed by atoms with E-state index in [1.165, 1.54) is 12.1 Å². The minimum atomic E-state index is 0.541. The summed E-state index contributed by atoms with van der Waals surface area (Å²) in [5.74, 6) is 0.836. The van der Waals surface area contributed by atoms with E-state index in [4.69, 9.17) is 10.5 Å². The van der Waals surface area contributed by atoms with Crippen LogP contribution < -0.4 is 15.4 Å². The van der Waals surface area contributed by atoms with E-state index in [0.717, 1.165) is 37.5 Å². The van der Waals surface area contributed by atoms with Crippen LogP contribution in [0.3, 0.4) is 0 Å². The van der Waals surface area contributed by atoms with E-state index in [-0.39, 0.29) is 0 Å². The Morgan fingerprint density at radius 2 is 2.11 bits per heavy atom. The Hall–Kier alpha value is -1.42. The summed E-state index contributed by atoms with van der Waals surface area (Å²) < 4.78 is 5.33. The minimum Gasteiger partial charge on any atom is -0.497 e. The number of rotatable bonds is 3. The number of benzene rings is 1. The first kappa shape index (κ1) is 14.0. The maximum Gasteiger partial charge on any atom is 0.122 e. The van der Waals surface area contributed by atoms with Crippen LogP contribution in [0.15, 0.2) is 18.2 Å². The average Bonchev–Trinajstić information content (AvgIpc) is 2.59. The van der Waals surface area contributed by atoms with Gasteiger partial charge in [-0.15, -0.1) is 0 Å². The topological polar surface area (TPSA) is 41.7 Å². The summed E-state index contributed by atoms with van der Waals surface area (Å²) >= 11 is 0. The predicted molar refractivity (Wildman–Crippen MR) is 80.9 cm³/mol. The lowest BCUT2D eigenvalue weighted by Gasteiger charge is -2.32. The third-order valence-electron chi connectivity index (χ3n) is 3.85. The number of methoxy groups -OCH3 is 1. The normalized spacial score (nSPS) is 21.2. The number of hydrogen-bond acceptors (Lipinski definition) is 4. The fourth-order valence-corrected chi connectivity index (χ4v) is 2.82. The highest BCUT2D eigenvalue weighted by molar-refractivity contribution is 5.61. The maximum absolute atomic E-state index is 5.98. The molecular weight excluding hydrogens is 238 g/mol. The summed E-state index contributed by atoms with van der Waals surface area (Å²) in [5.41, 5.74) is 7.92. The highest BCUT2D eigenvalue weighted by atomic mass is 16.5. The van der Waals surface area contributed by atoms with Crippen molar-refractivity contribution in [2.45, 2.75) is 25.8 Å². The van der Waals surface area contributed by atoms with Crippen molar-refractivity contribution in [1.82, 2.24) is 4.90 Å². The molecule has 106 valence electrons. The second kappa shape index (κ2) is 6.15. The lowest BCUT2D eigenvalue weighted by atomic mass is 10.1. The van der Waals surface area contributed by atoms with Crippen LogP contribution in [0.4, 0.5) is 11.4 Å². The monoisotopic (exact) mass is 263 g/mol. The van der Waals surface area contributed by atoms with Crippen LogP contribution in [0.25, 0.3) is 0 Å². The summed E-state index contributed by atoms with van der Waals surface area (Å²) in [7, 11) is 3.89. The second-order valence-electron chi connectivity index (χ2n) is 5.34. The van der Waals surface area contributed by atoms with Gasteiger partial charge in [0.2, 0.25) is 0 Å². The number of nitrogens with zero attached hydrogens (tertiary/aromatic N) is 2. The van der Waals surface area contributed by atoms with E-state index >= 15 is 0 Å². The zero-order valence-electron chi connectivity index (χ0n) is 12.2. The molecule has 1 aliphatic heterocycles. The van der Waals surface area contributed by atoms with Gasteiger partial charge in [-0.3, -0.25) is 0 Å². The van der Waals surface area contributed by atoms with E-state index in [0.29, 0.717) is 6.04 Å². The van der Waals surface area contributed by atoms with Crippen LogP contribution in [-0.2, 0) is 0 Å². The predicted octanol–water partition coefficient (Wildman–Crippen LogP) is 2.20. The first-order valence-corrected chi connectivity index (χ1v) is 7.03. The number of nitrogens with two attached hydrogens (primary N) is 1. The summed E-state index contributed by atoms with van der Waals surface area (Å²) in [6, 6.07) is 6.55. The molecule has 2 rings (SSSR count). The van der Waals surface area contributed by atoms with Crippen molar-refractivity contribution < 1.29 is 4.74 Å². The molecule has 1 aromatic carbocycles. The Labute approximate surface area is 116 Å². The molecule has 0 amide bonds. The van der Waals surface area contributed by atoms with Crippen LogP contribution >= 0.6 is 0 Å². The molecule has 1 aromatic rings. The largest absolute Gasteiger partial charge is 0.497 e. The summed E-state index contributed by atoms with van der Waals surface area (Å²) in [5, 5.41) is 0. The standard InChI is InChI=1S/C15H25N3O/c1-4-13-11-17(2)6-5-7-18(13)14-8-12(16)9-15(10-14)19-3/h8-10,13H,4-7,11,16H2,1-3H3. The number of likely N-dealkylation sites (N-methyl/N-ethyl adjacent to an activating group) is 1. The van der Waals surface area contributed by atoms with Crippen LogP contribution in [-0.4, -0.2) is 44.7 Å². The van der Waals surface area contributed by atoms with Crippen molar-refractivity contribution in [2.75, 3.05) is 44.4 Å². The van der Waals surface area contributed by atoms with Crippen LogP contribution in [0.5, 0.6) is 5.75 Å². The molecule has 0 spiro atoms. The number of ether oxygens (including phenoxy) is 1. The first-order valence-electron chi connectivity index (χ1n) is 7.03. The molecular formula is C15H25N3O. The molecule has 4 heteroatoms. The van der Waals surface area contributed by atoms with Crippen molar-refractivity contribution in [3.05, 3.63) is 18.2 Å². The quantitative estimate of drug-likeness (QED) is 0.849. The van der Waals surface area contributed by atoms with Gasteiger partial charge in [-0.2, -0.15) is 0 Å². The summed E-state index contributed by atoms with van der Waals surface area (Å²) in [6.07, 6.45) is 2.32. The van der Waals surface area contributed by atoms with Gasteiger partial charge in [0, 0.05) is 42.6 Å². The number of nitrogen functional groups attached to an aromatic ring is 1. The number of anilines is 2. The molecule has 0 aliphatic carbocycles. The molecule has 4 nitrogen and oxygen atoms in total. The molecule has 1 aliphatic rings. The zero-order valence-corrected chi connectivity index (χ0v) is 12.2. The fourth-order valence-electron chi connectivity index (χ4n) is 2.82. The Bertz CT molecular complexity index is 422. The van der Waals surface area contributed by atoms with E-state index < -0.39 is 0 Å². The molecule has 1 unspecified atom stereocenters. The SMILES string of the molecule is CCC1CN(C)CCCN1c1cc(N)cc(OC)c1. The molecule has 1 atom stereocenters. The van der Waals surface area contributed by atoms with Crippen molar-refractivity contribution in [3.8, 4) is 5.75 Å². The van der Waals surface area contributed by atoms with Crippen LogP contribution in [0.2, 0.25) is 0 Å². The molecule has 0 saturated carbocycles. The Kier molecular flexibility index (Phi) is 4.53. The number of hydrogen-bond donors (Lipinski definition) is 1. The van der Waals surface area contributed by atoms with Gasteiger partial charge in [0.15, 0.2) is 0 Å². The van der Waals surface area contributed by atoms with Gasteiger partial charge < -0.3 is 20.3 Å².